The van der Waals surface area contributed by atoms with Crippen molar-refractivity contribution in [1.82, 2.24) is 20.4 Å². The molecule has 138 valence electrons. The Morgan fingerprint density at radius 1 is 1.33 bits per heavy atom. The van der Waals surface area contributed by atoms with E-state index in [0.29, 0.717) is 52.5 Å². The average Bonchev–Trinajstić information content (AvgIpc) is 2.64. The Bertz CT molecular complexity index is 407. The fourth-order valence-electron chi connectivity index (χ4n) is 3.02. The van der Waals surface area contributed by atoms with Gasteiger partial charge in [-0.1, -0.05) is 0 Å². The molecule has 2 fully saturated rings. The van der Waals surface area contributed by atoms with Gasteiger partial charge in [0.15, 0.2) is 0 Å². The van der Waals surface area contributed by atoms with Crippen LogP contribution in [0.2, 0.25) is 0 Å². The maximum atomic E-state index is 12.4. The van der Waals surface area contributed by atoms with Crippen LogP contribution in [-0.2, 0) is 19.1 Å². The number of hydrogen-bond acceptors (Lipinski definition) is 6. The van der Waals surface area contributed by atoms with Crippen molar-refractivity contribution in [3.05, 3.63) is 0 Å². The molecule has 2 aliphatic heterocycles. The zero-order chi connectivity index (χ0) is 17.4. The van der Waals surface area contributed by atoms with Gasteiger partial charge in [0.2, 0.25) is 11.8 Å². The van der Waals surface area contributed by atoms with E-state index < -0.39 is 0 Å². The Balaban J connectivity index is 1.71. The van der Waals surface area contributed by atoms with E-state index in [-0.39, 0.29) is 23.9 Å². The van der Waals surface area contributed by atoms with Gasteiger partial charge < -0.3 is 25.0 Å². The van der Waals surface area contributed by atoms with E-state index in [4.69, 9.17) is 9.47 Å². The molecule has 0 bridgehead atoms. The van der Waals surface area contributed by atoms with Crippen molar-refractivity contribution in [1.29, 1.82) is 0 Å². The molecule has 2 rings (SSSR count). The van der Waals surface area contributed by atoms with Crippen LogP contribution in [0.3, 0.4) is 0 Å². The number of carbonyl (C=O) groups is 2. The number of morpholine rings is 1. The highest BCUT2D eigenvalue weighted by Gasteiger charge is 2.31. The molecular weight excluding hydrogens is 312 g/mol. The van der Waals surface area contributed by atoms with Gasteiger partial charge in [-0.15, -0.1) is 0 Å². The number of piperazine rings is 1. The fraction of sp³-hybridized carbons (Fsp3) is 0.875. The van der Waals surface area contributed by atoms with Crippen molar-refractivity contribution in [2.75, 3.05) is 66.2 Å². The predicted molar refractivity (Wildman–Crippen MR) is 89.7 cm³/mol. The summed E-state index contributed by atoms with van der Waals surface area (Å²) in [5.41, 5.74) is 0. The second-order valence-electron chi connectivity index (χ2n) is 6.26. The third kappa shape index (κ3) is 5.41. The molecule has 0 saturated carbocycles. The lowest BCUT2D eigenvalue weighted by Gasteiger charge is -2.39. The highest BCUT2D eigenvalue weighted by atomic mass is 16.5. The SMILES string of the molecule is COCCCNC(=O)C(C)N1CCN(C(=O)C2COCCN2)CC1. The molecular formula is C16H30N4O4. The van der Waals surface area contributed by atoms with Crippen LogP contribution < -0.4 is 10.6 Å². The van der Waals surface area contributed by atoms with Gasteiger partial charge in [0, 0.05) is 53.0 Å². The van der Waals surface area contributed by atoms with Crippen molar-refractivity contribution in [3.63, 3.8) is 0 Å². The smallest absolute Gasteiger partial charge is 0.242 e. The van der Waals surface area contributed by atoms with Gasteiger partial charge in [0.1, 0.15) is 6.04 Å². The number of nitrogens with zero attached hydrogens (tertiary/aromatic N) is 2. The standard InChI is InChI=1S/C16H30N4O4/c1-13(15(21)18-4-3-10-23-2)19-6-8-20(9-7-19)16(22)14-12-24-11-5-17-14/h13-14,17H,3-12H2,1-2H3,(H,18,21). The summed E-state index contributed by atoms with van der Waals surface area (Å²) < 4.78 is 10.3. The first-order chi connectivity index (χ1) is 11.6. The van der Waals surface area contributed by atoms with E-state index in [1.807, 2.05) is 11.8 Å². The number of ether oxygens (including phenoxy) is 2. The van der Waals surface area contributed by atoms with E-state index in [1.165, 1.54) is 0 Å². The average molecular weight is 342 g/mol. The molecule has 0 aromatic carbocycles. The van der Waals surface area contributed by atoms with Crippen LogP contribution in [0.15, 0.2) is 0 Å². The van der Waals surface area contributed by atoms with Crippen LogP contribution in [0.1, 0.15) is 13.3 Å². The maximum absolute atomic E-state index is 12.4. The summed E-state index contributed by atoms with van der Waals surface area (Å²) in [6.07, 6.45) is 0.813. The molecule has 24 heavy (non-hydrogen) atoms. The van der Waals surface area contributed by atoms with Gasteiger partial charge in [0.25, 0.3) is 0 Å². The minimum absolute atomic E-state index is 0.0354. The van der Waals surface area contributed by atoms with Gasteiger partial charge in [-0.2, -0.15) is 0 Å². The molecule has 2 amide bonds. The topological polar surface area (TPSA) is 83.1 Å². The van der Waals surface area contributed by atoms with Crippen molar-refractivity contribution in [2.45, 2.75) is 25.4 Å². The van der Waals surface area contributed by atoms with E-state index in [2.05, 4.69) is 15.5 Å². The van der Waals surface area contributed by atoms with Crippen molar-refractivity contribution in [3.8, 4) is 0 Å². The molecule has 0 radical (unpaired) electrons. The molecule has 2 atom stereocenters. The first kappa shape index (κ1) is 19.1. The summed E-state index contributed by atoms with van der Waals surface area (Å²) in [6.45, 7) is 7.75. The van der Waals surface area contributed by atoms with Gasteiger partial charge in [-0.05, 0) is 13.3 Å². The largest absolute Gasteiger partial charge is 0.385 e. The van der Waals surface area contributed by atoms with Gasteiger partial charge >= 0.3 is 0 Å². The predicted octanol–water partition coefficient (Wildman–Crippen LogP) is -1.34. The van der Waals surface area contributed by atoms with Crippen LogP contribution in [-0.4, -0.2) is 99.9 Å². The highest BCUT2D eigenvalue weighted by Crippen LogP contribution is 2.09. The van der Waals surface area contributed by atoms with Crippen LogP contribution in [0.5, 0.6) is 0 Å². The molecule has 8 nitrogen and oxygen atoms in total. The molecule has 8 heteroatoms. The van der Waals surface area contributed by atoms with Gasteiger partial charge in [-0.25, -0.2) is 0 Å². The minimum atomic E-state index is -0.230. The zero-order valence-electron chi connectivity index (χ0n) is 14.8. The lowest BCUT2D eigenvalue weighted by atomic mass is 10.1. The summed E-state index contributed by atoms with van der Waals surface area (Å²) in [6, 6.07) is -0.409. The quantitative estimate of drug-likeness (QED) is 0.557. The van der Waals surface area contributed by atoms with Crippen LogP contribution >= 0.6 is 0 Å². The number of hydrogen-bond donors (Lipinski definition) is 2. The van der Waals surface area contributed by atoms with E-state index in [1.54, 1.807) is 7.11 Å². The Morgan fingerprint density at radius 2 is 2.08 bits per heavy atom. The van der Waals surface area contributed by atoms with E-state index in [9.17, 15) is 9.59 Å². The lowest BCUT2D eigenvalue weighted by molar-refractivity contribution is -0.139. The molecule has 0 aliphatic carbocycles. The number of amides is 2. The van der Waals surface area contributed by atoms with Gasteiger partial charge in [0.05, 0.1) is 19.3 Å². The Hall–Kier alpha value is -1.22. The summed E-state index contributed by atoms with van der Waals surface area (Å²) in [5, 5.41) is 6.13. The molecule has 2 heterocycles. The van der Waals surface area contributed by atoms with E-state index in [0.717, 1.165) is 13.0 Å². The Labute approximate surface area is 143 Å². The van der Waals surface area contributed by atoms with Crippen molar-refractivity contribution < 1.29 is 19.1 Å². The monoisotopic (exact) mass is 342 g/mol. The molecule has 2 saturated heterocycles. The molecule has 0 aromatic rings. The molecule has 0 aromatic heterocycles. The second kappa shape index (κ2) is 9.93. The zero-order valence-corrected chi connectivity index (χ0v) is 14.8. The summed E-state index contributed by atoms with van der Waals surface area (Å²) in [7, 11) is 1.65. The summed E-state index contributed by atoms with van der Waals surface area (Å²) >= 11 is 0. The third-order valence-electron chi connectivity index (χ3n) is 4.60. The number of rotatable bonds is 7. The molecule has 2 unspecified atom stereocenters. The lowest BCUT2D eigenvalue weighted by Crippen LogP contribution is -2.59. The first-order valence-corrected chi connectivity index (χ1v) is 8.74. The van der Waals surface area contributed by atoms with Crippen molar-refractivity contribution >= 4 is 11.8 Å². The summed E-state index contributed by atoms with van der Waals surface area (Å²) in [4.78, 5) is 28.6. The summed E-state index contributed by atoms with van der Waals surface area (Å²) in [5.74, 6) is 0.138. The van der Waals surface area contributed by atoms with Crippen LogP contribution in [0.25, 0.3) is 0 Å². The van der Waals surface area contributed by atoms with E-state index >= 15 is 0 Å². The molecule has 0 spiro atoms. The third-order valence-corrected chi connectivity index (χ3v) is 4.60. The maximum Gasteiger partial charge on any atom is 0.242 e. The molecule has 2 aliphatic rings. The van der Waals surface area contributed by atoms with Crippen LogP contribution in [0.4, 0.5) is 0 Å². The molecule has 2 N–H and O–H groups in total. The van der Waals surface area contributed by atoms with Gasteiger partial charge in [-0.3, -0.25) is 14.5 Å². The van der Waals surface area contributed by atoms with Crippen molar-refractivity contribution in [2.24, 2.45) is 0 Å². The minimum Gasteiger partial charge on any atom is -0.385 e. The highest BCUT2D eigenvalue weighted by molar-refractivity contribution is 5.83. The fourth-order valence-corrected chi connectivity index (χ4v) is 3.02. The second-order valence-corrected chi connectivity index (χ2v) is 6.26. The Morgan fingerprint density at radius 3 is 2.71 bits per heavy atom. The first-order valence-electron chi connectivity index (χ1n) is 8.74. The van der Waals surface area contributed by atoms with Crippen LogP contribution in [0, 0.1) is 0 Å². The number of methoxy groups -OCH3 is 1. The number of carbonyl (C=O) groups excluding carboxylic acids is 2. The Kier molecular flexibility index (Phi) is 7.90. The normalized spacial score (nSPS) is 23.8. The number of nitrogens with one attached hydrogen (secondary N) is 2.